The van der Waals surface area contributed by atoms with Crippen molar-refractivity contribution in [3.8, 4) is 0 Å². The second kappa shape index (κ2) is 9.72. The molecule has 0 heterocycles. The van der Waals surface area contributed by atoms with Gasteiger partial charge < -0.3 is 5.32 Å². The fourth-order valence-electron chi connectivity index (χ4n) is 1.30. The van der Waals surface area contributed by atoms with Crippen LogP contribution >= 0.6 is 0 Å². The van der Waals surface area contributed by atoms with E-state index in [1.807, 2.05) is 7.05 Å². The van der Waals surface area contributed by atoms with Gasteiger partial charge in [0.2, 0.25) is 0 Å². The minimum Gasteiger partial charge on any atom is -0.320 e. The number of hydrogen-bond donors (Lipinski definition) is 1. The van der Waals surface area contributed by atoms with Gasteiger partial charge in [0.05, 0.1) is 0 Å². The molecule has 0 fully saturated rings. The Morgan fingerprint density at radius 3 is 2.38 bits per heavy atom. The Hall–Kier alpha value is -0.370. The predicted molar refractivity (Wildman–Crippen MR) is 56.9 cm³/mol. The molecule has 0 bridgehead atoms. The van der Waals surface area contributed by atoms with Crippen LogP contribution in [0.15, 0.2) is 0 Å². The Bertz CT molecular complexity index is 123. The molecule has 0 saturated carbocycles. The monoisotopic (exact) mass is 185 g/mol. The first kappa shape index (κ1) is 12.6. The molecule has 1 N–H and O–H groups in total. The molecule has 0 aliphatic carbocycles. The van der Waals surface area contributed by atoms with Gasteiger partial charge in [0.1, 0.15) is 5.78 Å². The normalized spacial score (nSPS) is 10.3. The summed E-state index contributed by atoms with van der Waals surface area (Å²) in [6, 6.07) is 0. The third-order valence-electron chi connectivity index (χ3n) is 2.19. The number of carbonyl (C=O) groups is 1. The first-order valence-electron chi connectivity index (χ1n) is 5.47. The number of ketones is 1. The van der Waals surface area contributed by atoms with Crippen LogP contribution in [-0.2, 0) is 4.79 Å². The van der Waals surface area contributed by atoms with Crippen molar-refractivity contribution in [3.63, 3.8) is 0 Å². The molecule has 0 radical (unpaired) electrons. The van der Waals surface area contributed by atoms with Crippen LogP contribution in [-0.4, -0.2) is 19.4 Å². The fourth-order valence-corrected chi connectivity index (χ4v) is 1.30. The molecule has 0 spiro atoms. The van der Waals surface area contributed by atoms with E-state index >= 15 is 0 Å². The van der Waals surface area contributed by atoms with E-state index in [9.17, 15) is 4.79 Å². The van der Waals surface area contributed by atoms with Crippen molar-refractivity contribution >= 4 is 5.78 Å². The van der Waals surface area contributed by atoms with Crippen LogP contribution in [0.5, 0.6) is 0 Å². The minimum atomic E-state index is 0.450. The van der Waals surface area contributed by atoms with Crippen molar-refractivity contribution in [2.45, 2.75) is 51.9 Å². The van der Waals surface area contributed by atoms with Crippen LogP contribution in [0.25, 0.3) is 0 Å². The molecule has 2 nitrogen and oxygen atoms in total. The second-order valence-electron chi connectivity index (χ2n) is 3.56. The molecule has 0 saturated heterocycles. The zero-order valence-corrected chi connectivity index (χ0v) is 9.07. The lowest BCUT2D eigenvalue weighted by Crippen LogP contribution is -2.07. The topological polar surface area (TPSA) is 29.1 Å². The first-order chi connectivity index (χ1) is 6.31. The summed E-state index contributed by atoms with van der Waals surface area (Å²) in [5.74, 6) is 0.450. The molecule has 0 aliphatic heterocycles. The van der Waals surface area contributed by atoms with Gasteiger partial charge in [0.15, 0.2) is 0 Å². The van der Waals surface area contributed by atoms with Crippen LogP contribution in [0.3, 0.4) is 0 Å². The van der Waals surface area contributed by atoms with Crippen molar-refractivity contribution in [1.29, 1.82) is 0 Å². The molecule has 0 aromatic rings. The summed E-state index contributed by atoms with van der Waals surface area (Å²) in [6.45, 7) is 3.20. The smallest absolute Gasteiger partial charge is 0.132 e. The van der Waals surface area contributed by atoms with Gasteiger partial charge in [-0.25, -0.2) is 0 Å². The van der Waals surface area contributed by atoms with Gasteiger partial charge in [0.25, 0.3) is 0 Å². The number of hydrogen-bond acceptors (Lipinski definition) is 2. The Morgan fingerprint density at radius 2 is 1.77 bits per heavy atom. The van der Waals surface area contributed by atoms with Crippen LogP contribution in [0.4, 0.5) is 0 Å². The highest BCUT2D eigenvalue weighted by atomic mass is 16.1. The number of unbranched alkanes of at least 4 members (excludes halogenated alkanes) is 3. The average Bonchev–Trinajstić information content (AvgIpc) is 2.14. The Labute approximate surface area is 82.1 Å². The highest BCUT2D eigenvalue weighted by Gasteiger charge is 1.99. The maximum absolute atomic E-state index is 11.2. The number of carbonyl (C=O) groups excluding carboxylic acids is 1. The van der Waals surface area contributed by atoms with Crippen LogP contribution in [0.2, 0.25) is 0 Å². The Kier molecular flexibility index (Phi) is 9.44. The minimum absolute atomic E-state index is 0.450. The molecule has 0 rings (SSSR count). The zero-order valence-electron chi connectivity index (χ0n) is 9.07. The fraction of sp³-hybridized carbons (Fsp3) is 0.909. The van der Waals surface area contributed by atoms with Crippen molar-refractivity contribution in [2.24, 2.45) is 0 Å². The largest absolute Gasteiger partial charge is 0.320 e. The molecule has 0 aromatic carbocycles. The Balaban J connectivity index is 3.08. The number of nitrogens with one attached hydrogen (secondary N) is 1. The summed E-state index contributed by atoms with van der Waals surface area (Å²) >= 11 is 0. The maximum Gasteiger partial charge on any atom is 0.132 e. The van der Waals surface area contributed by atoms with Crippen molar-refractivity contribution in [1.82, 2.24) is 5.32 Å². The molecule has 2 heteroatoms. The zero-order chi connectivity index (χ0) is 9.94. The van der Waals surface area contributed by atoms with E-state index < -0.39 is 0 Å². The van der Waals surface area contributed by atoms with E-state index in [0.29, 0.717) is 5.78 Å². The molecule has 0 unspecified atom stereocenters. The highest BCUT2D eigenvalue weighted by Crippen LogP contribution is 2.04. The van der Waals surface area contributed by atoms with Gasteiger partial charge in [-0.3, -0.25) is 4.79 Å². The van der Waals surface area contributed by atoms with E-state index in [4.69, 9.17) is 0 Å². The van der Waals surface area contributed by atoms with E-state index in [-0.39, 0.29) is 0 Å². The van der Waals surface area contributed by atoms with Gasteiger partial charge in [0, 0.05) is 12.8 Å². The van der Waals surface area contributed by atoms with Crippen LogP contribution in [0.1, 0.15) is 51.9 Å². The molecule has 78 valence electrons. The molecular weight excluding hydrogens is 162 g/mol. The van der Waals surface area contributed by atoms with E-state index in [2.05, 4.69) is 12.2 Å². The summed E-state index contributed by atoms with van der Waals surface area (Å²) in [7, 11) is 1.96. The summed E-state index contributed by atoms with van der Waals surface area (Å²) < 4.78 is 0. The summed E-state index contributed by atoms with van der Waals surface area (Å²) in [5.41, 5.74) is 0. The van der Waals surface area contributed by atoms with E-state index in [1.54, 1.807) is 0 Å². The van der Waals surface area contributed by atoms with Gasteiger partial charge >= 0.3 is 0 Å². The molecule has 13 heavy (non-hydrogen) atoms. The van der Waals surface area contributed by atoms with Gasteiger partial charge in [-0.15, -0.1) is 0 Å². The lowest BCUT2D eigenvalue weighted by Gasteiger charge is -2.00. The standard InChI is InChI=1S/C11H23NO/c1-3-4-8-11(13)9-6-5-7-10-12-2/h12H,3-10H2,1-2H3. The molecule has 0 aliphatic rings. The third-order valence-corrected chi connectivity index (χ3v) is 2.19. The van der Waals surface area contributed by atoms with Gasteiger partial charge in [-0.05, 0) is 32.9 Å². The summed E-state index contributed by atoms with van der Waals surface area (Å²) in [6.07, 6.45) is 7.23. The van der Waals surface area contributed by atoms with Gasteiger partial charge in [-0.1, -0.05) is 19.8 Å². The molecule has 0 amide bonds. The maximum atomic E-state index is 11.2. The quantitative estimate of drug-likeness (QED) is 0.559. The summed E-state index contributed by atoms with van der Waals surface area (Å²) in [4.78, 5) is 11.2. The van der Waals surface area contributed by atoms with Crippen molar-refractivity contribution < 1.29 is 4.79 Å². The molecule has 0 atom stereocenters. The SMILES string of the molecule is CCCCC(=O)CCCCCNC. The number of Topliss-reactive ketones (excluding diaryl/α,β-unsaturated/α-hetero) is 1. The molecular formula is C11H23NO. The number of rotatable bonds is 9. The van der Waals surface area contributed by atoms with Crippen LogP contribution in [0, 0.1) is 0 Å². The molecule has 0 aromatic heterocycles. The third kappa shape index (κ3) is 9.54. The lowest BCUT2D eigenvalue weighted by molar-refractivity contribution is -0.119. The predicted octanol–water partition coefficient (Wildman–Crippen LogP) is 2.53. The van der Waals surface area contributed by atoms with Crippen LogP contribution < -0.4 is 5.32 Å². The summed E-state index contributed by atoms with van der Waals surface area (Å²) in [5, 5.41) is 3.11. The van der Waals surface area contributed by atoms with Gasteiger partial charge in [-0.2, -0.15) is 0 Å². The first-order valence-corrected chi connectivity index (χ1v) is 5.47. The van der Waals surface area contributed by atoms with Crippen molar-refractivity contribution in [3.05, 3.63) is 0 Å². The van der Waals surface area contributed by atoms with Crippen molar-refractivity contribution in [2.75, 3.05) is 13.6 Å². The van der Waals surface area contributed by atoms with E-state index in [0.717, 1.165) is 38.6 Å². The second-order valence-corrected chi connectivity index (χ2v) is 3.56. The average molecular weight is 185 g/mol. The Morgan fingerprint density at radius 1 is 1.08 bits per heavy atom. The lowest BCUT2D eigenvalue weighted by atomic mass is 10.1. The van der Waals surface area contributed by atoms with E-state index in [1.165, 1.54) is 12.8 Å². The highest BCUT2D eigenvalue weighted by molar-refractivity contribution is 5.78.